The van der Waals surface area contributed by atoms with Crippen LogP contribution in [0.1, 0.15) is 18.9 Å². The number of halogens is 2. The van der Waals surface area contributed by atoms with Crippen LogP contribution in [0.25, 0.3) is 0 Å². The van der Waals surface area contributed by atoms with Crippen LogP contribution in [0.4, 0.5) is 0 Å². The van der Waals surface area contributed by atoms with Gasteiger partial charge < -0.3 is 10.5 Å². The van der Waals surface area contributed by atoms with Crippen LogP contribution in [-0.2, 0) is 6.54 Å². The van der Waals surface area contributed by atoms with Gasteiger partial charge in [-0.1, -0.05) is 15.9 Å². The van der Waals surface area contributed by atoms with Crippen molar-refractivity contribution in [2.45, 2.75) is 25.9 Å². The van der Waals surface area contributed by atoms with Gasteiger partial charge in [-0.25, -0.2) is 0 Å². The standard InChI is InChI=1S/C14H21BrN2O.ClH/c1-10-5-11(7-16)8-17(10)9-12-6-13(18-2)3-4-14(12)15;/h3-4,6,10-11H,5,7-9,16H2,1-2H3;1H. The summed E-state index contributed by atoms with van der Waals surface area (Å²) in [5, 5.41) is 0. The van der Waals surface area contributed by atoms with E-state index in [2.05, 4.69) is 39.9 Å². The highest BCUT2D eigenvalue weighted by Crippen LogP contribution is 2.28. The Bertz CT molecular complexity index is 416. The first-order valence-corrected chi connectivity index (χ1v) is 7.20. The molecule has 1 aliphatic heterocycles. The second kappa shape index (κ2) is 7.48. The Hall–Kier alpha value is -0.290. The molecular formula is C14H22BrClN2O. The van der Waals surface area contributed by atoms with E-state index in [0.29, 0.717) is 12.0 Å². The van der Waals surface area contributed by atoms with Crippen molar-refractivity contribution < 1.29 is 4.74 Å². The van der Waals surface area contributed by atoms with Crippen LogP contribution in [0.2, 0.25) is 0 Å². The SMILES string of the molecule is COc1ccc(Br)c(CN2CC(CN)CC2C)c1.Cl. The zero-order chi connectivity index (χ0) is 13.1. The summed E-state index contributed by atoms with van der Waals surface area (Å²) in [6, 6.07) is 6.74. The van der Waals surface area contributed by atoms with Gasteiger partial charge in [0.15, 0.2) is 0 Å². The summed E-state index contributed by atoms with van der Waals surface area (Å²) in [5.74, 6) is 1.56. The second-order valence-corrected chi connectivity index (χ2v) is 5.93. The lowest BCUT2D eigenvalue weighted by Gasteiger charge is -2.22. The predicted octanol–water partition coefficient (Wildman–Crippen LogP) is 3.05. The normalized spacial score (nSPS) is 23.2. The average molecular weight is 350 g/mol. The van der Waals surface area contributed by atoms with Crippen molar-refractivity contribution >= 4 is 28.3 Å². The van der Waals surface area contributed by atoms with Gasteiger partial charge in [0.25, 0.3) is 0 Å². The molecule has 3 nitrogen and oxygen atoms in total. The molecule has 1 fully saturated rings. The average Bonchev–Trinajstić information content (AvgIpc) is 2.73. The van der Waals surface area contributed by atoms with Crippen molar-refractivity contribution in [2.24, 2.45) is 11.7 Å². The molecule has 1 aliphatic rings. The van der Waals surface area contributed by atoms with Crippen LogP contribution in [0.15, 0.2) is 22.7 Å². The number of nitrogens with two attached hydrogens (primary N) is 1. The maximum atomic E-state index is 5.77. The molecule has 2 unspecified atom stereocenters. The molecule has 2 atom stereocenters. The molecule has 0 aromatic heterocycles. The molecule has 1 aromatic carbocycles. The highest BCUT2D eigenvalue weighted by molar-refractivity contribution is 9.10. The number of methoxy groups -OCH3 is 1. The highest BCUT2D eigenvalue weighted by atomic mass is 79.9. The van der Waals surface area contributed by atoms with E-state index in [9.17, 15) is 0 Å². The summed E-state index contributed by atoms with van der Waals surface area (Å²) in [7, 11) is 1.70. The van der Waals surface area contributed by atoms with Gasteiger partial charge in [0, 0.05) is 23.6 Å². The molecule has 1 saturated heterocycles. The summed E-state index contributed by atoms with van der Waals surface area (Å²) in [5.41, 5.74) is 7.05. The van der Waals surface area contributed by atoms with Gasteiger partial charge in [0.2, 0.25) is 0 Å². The second-order valence-electron chi connectivity index (χ2n) is 5.07. The fourth-order valence-corrected chi connectivity index (χ4v) is 3.00. The molecule has 0 spiro atoms. The lowest BCUT2D eigenvalue weighted by Crippen LogP contribution is -2.27. The number of nitrogens with zero attached hydrogens (tertiary/aromatic N) is 1. The molecular weight excluding hydrogens is 328 g/mol. The first-order valence-electron chi connectivity index (χ1n) is 6.40. The van der Waals surface area contributed by atoms with Crippen LogP contribution < -0.4 is 10.5 Å². The maximum absolute atomic E-state index is 5.77. The summed E-state index contributed by atoms with van der Waals surface area (Å²) in [4.78, 5) is 2.50. The molecule has 5 heteroatoms. The van der Waals surface area contributed by atoms with Crippen LogP contribution in [-0.4, -0.2) is 31.1 Å². The zero-order valence-electron chi connectivity index (χ0n) is 11.4. The van der Waals surface area contributed by atoms with E-state index in [-0.39, 0.29) is 12.4 Å². The fraction of sp³-hybridized carbons (Fsp3) is 0.571. The van der Waals surface area contributed by atoms with Crippen LogP contribution >= 0.6 is 28.3 Å². The lowest BCUT2D eigenvalue weighted by molar-refractivity contribution is 0.255. The summed E-state index contributed by atoms with van der Waals surface area (Å²) in [6.07, 6.45) is 1.21. The van der Waals surface area contributed by atoms with Crippen molar-refractivity contribution in [3.63, 3.8) is 0 Å². The molecule has 108 valence electrons. The molecule has 1 heterocycles. The molecule has 2 rings (SSSR count). The van der Waals surface area contributed by atoms with Gasteiger partial charge in [0.1, 0.15) is 5.75 Å². The largest absolute Gasteiger partial charge is 0.497 e. The Balaban J connectivity index is 0.00000180. The quantitative estimate of drug-likeness (QED) is 0.908. The Kier molecular flexibility index (Phi) is 6.60. The van der Waals surface area contributed by atoms with E-state index in [1.54, 1.807) is 7.11 Å². The summed E-state index contributed by atoms with van der Waals surface area (Å²) in [6.45, 7) is 5.13. The lowest BCUT2D eigenvalue weighted by atomic mass is 10.1. The number of likely N-dealkylation sites (tertiary alicyclic amines) is 1. The third-order valence-electron chi connectivity index (χ3n) is 3.75. The molecule has 0 radical (unpaired) electrons. The van der Waals surface area contributed by atoms with E-state index in [4.69, 9.17) is 10.5 Å². The van der Waals surface area contributed by atoms with Gasteiger partial charge in [0.05, 0.1) is 7.11 Å². The first kappa shape index (κ1) is 16.8. The minimum absolute atomic E-state index is 0. The molecule has 1 aromatic rings. The Morgan fingerprint density at radius 3 is 2.79 bits per heavy atom. The fourth-order valence-electron chi connectivity index (χ4n) is 2.63. The van der Waals surface area contributed by atoms with Crippen LogP contribution in [0.5, 0.6) is 5.75 Å². The number of rotatable bonds is 4. The highest BCUT2D eigenvalue weighted by Gasteiger charge is 2.28. The van der Waals surface area contributed by atoms with E-state index < -0.39 is 0 Å². The monoisotopic (exact) mass is 348 g/mol. The van der Waals surface area contributed by atoms with E-state index in [1.807, 2.05) is 6.07 Å². The molecule has 0 saturated carbocycles. The van der Waals surface area contributed by atoms with Crippen molar-refractivity contribution in [1.82, 2.24) is 4.90 Å². The number of benzene rings is 1. The van der Waals surface area contributed by atoms with Crippen molar-refractivity contribution in [1.29, 1.82) is 0 Å². The zero-order valence-corrected chi connectivity index (χ0v) is 13.8. The van der Waals surface area contributed by atoms with Gasteiger partial charge >= 0.3 is 0 Å². The number of hydrogen-bond donors (Lipinski definition) is 1. The minimum atomic E-state index is 0. The summed E-state index contributed by atoms with van der Waals surface area (Å²) >= 11 is 3.61. The maximum Gasteiger partial charge on any atom is 0.119 e. The molecule has 0 amide bonds. The van der Waals surface area contributed by atoms with Crippen molar-refractivity contribution in [3.05, 3.63) is 28.2 Å². The van der Waals surface area contributed by atoms with Crippen LogP contribution in [0.3, 0.4) is 0 Å². The molecule has 0 aliphatic carbocycles. The third kappa shape index (κ3) is 4.09. The number of hydrogen-bond acceptors (Lipinski definition) is 3. The molecule has 2 N–H and O–H groups in total. The smallest absolute Gasteiger partial charge is 0.119 e. The Morgan fingerprint density at radius 2 is 2.21 bits per heavy atom. The first-order chi connectivity index (χ1) is 8.63. The third-order valence-corrected chi connectivity index (χ3v) is 4.52. The van der Waals surface area contributed by atoms with Gasteiger partial charge in [-0.3, -0.25) is 4.90 Å². The van der Waals surface area contributed by atoms with Crippen molar-refractivity contribution in [2.75, 3.05) is 20.2 Å². The Morgan fingerprint density at radius 1 is 1.47 bits per heavy atom. The molecule has 19 heavy (non-hydrogen) atoms. The summed E-state index contributed by atoms with van der Waals surface area (Å²) < 4.78 is 6.43. The van der Waals surface area contributed by atoms with E-state index >= 15 is 0 Å². The Labute approximate surface area is 130 Å². The van der Waals surface area contributed by atoms with Gasteiger partial charge in [-0.05, 0) is 49.6 Å². The van der Waals surface area contributed by atoms with Gasteiger partial charge in [-0.15, -0.1) is 12.4 Å². The van der Waals surface area contributed by atoms with E-state index in [0.717, 1.165) is 29.9 Å². The minimum Gasteiger partial charge on any atom is -0.497 e. The topological polar surface area (TPSA) is 38.5 Å². The van der Waals surface area contributed by atoms with Gasteiger partial charge in [-0.2, -0.15) is 0 Å². The van der Waals surface area contributed by atoms with Crippen molar-refractivity contribution in [3.8, 4) is 5.75 Å². The predicted molar refractivity (Wildman–Crippen MR) is 85.0 cm³/mol. The molecule has 0 bridgehead atoms. The van der Waals surface area contributed by atoms with Crippen LogP contribution in [0, 0.1) is 5.92 Å². The van der Waals surface area contributed by atoms with E-state index in [1.165, 1.54) is 12.0 Å². The number of ether oxygens (including phenoxy) is 1.